The molecule has 4 heteroatoms. The van der Waals surface area contributed by atoms with Crippen molar-refractivity contribution in [3.8, 4) is 5.75 Å². The second-order valence-corrected chi connectivity index (χ2v) is 5.57. The first kappa shape index (κ1) is 14.9. The molecule has 2 rings (SSSR count). The van der Waals surface area contributed by atoms with Crippen molar-refractivity contribution in [2.75, 3.05) is 6.61 Å². The number of rotatable bonds is 5. The summed E-state index contributed by atoms with van der Waals surface area (Å²) in [6.07, 6.45) is 2.45. The first-order valence-corrected chi connectivity index (χ1v) is 7.24. The number of carbonyl (C=O) groups excluding carboxylic acids is 1. The standard InChI is InChI=1S/C16H23NO3/c1-11-5-3-7-14(9-11)20-12(2)16(19)17-15-8-4-6-13(15)10-18/h3,5,7,9,12-13,15,18H,4,6,8,10H2,1-2H3,(H,17,19). The predicted octanol–water partition coefficient (Wildman–Crippen LogP) is 2.04. The lowest BCUT2D eigenvalue weighted by molar-refractivity contribution is -0.128. The average Bonchev–Trinajstić information content (AvgIpc) is 2.85. The Balaban J connectivity index is 1.89. The molecule has 3 unspecified atom stereocenters. The molecule has 0 aliphatic heterocycles. The van der Waals surface area contributed by atoms with Gasteiger partial charge in [-0.1, -0.05) is 18.6 Å². The van der Waals surface area contributed by atoms with Crippen molar-refractivity contribution in [2.45, 2.75) is 45.3 Å². The maximum absolute atomic E-state index is 12.1. The molecule has 110 valence electrons. The SMILES string of the molecule is Cc1cccc(OC(C)C(=O)NC2CCCC2CO)c1. The Hall–Kier alpha value is -1.55. The van der Waals surface area contributed by atoms with Crippen molar-refractivity contribution in [1.29, 1.82) is 0 Å². The summed E-state index contributed by atoms with van der Waals surface area (Å²) >= 11 is 0. The van der Waals surface area contributed by atoms with E-state index in [0.29, 0.717) is 5.75 Å². The van der Waals surface area contributed by atoms with Crippen molar-refractivity contribution in [1.82, 2.24) is 5.32 Å². The number of benzene rings is 1. The quantitative estimate of drug-likeness (QED) is 0.866. The highest BCUT2D eigenvalue weighted by Crippen LogP contribution is 2.25. The van der Waals surface area contributed by atoms with E-state index in [-0.39, 0.29) is 24.5 Å². The topological polar surface area (TPSA) is 58.6 Å². The van der Waals surface area contributed by atoms with Gasteiger partial charge in [-0.2, -0.15) is 0 Å². The van der Waals surface area contributed by atoms with Crippen LogP contribution < -0.4 is 10.1 Å². The minimum Gasteiger partial charge on any atom is -0.481 e. The Kier molecular flexibility index (Phi) is 5.01. The van der Waals surface area contributed by atoms with E-state index in [2.05, 4.69) is 5.32 Å². The molecule has 1 amide bonds. The van der Waals surface area contributed by atoms with E-state index in [0.717, 1.165) is 24.8 Å². The van der Waals surface area contributed by atoms with E-state index in [9.17, 15) is 9.90 Å². The van der Waals surface area contributed by atoms with Gasteiger partial charge in [-0.15, -0.1) is 0 Å². The smallest absolute Gasteiger partial charge is 0.261 e. The van der Waals surface area contributed by atoms with Crippen molar-refractivity contribution in [3.63, 3.8) is 0 Å². The Labute approximate surface area is 120 Å². The molecule has 0 bridgehead atoms. The molecule has 4 nitrogen and oxygen atoms in total. The molecule has 0 saturated heterocycles. The van der Waals surface area contributed by atoms with Crippen molar-refractivity contribution in [2.24, 2.45) is 5.92 Å². The van der Waals surface area contributed by atoms with Crippen LogP contribution in [0.4, 0.5) is 0 Å². The predicted molar refractivity (Wildman–Crippen MR) is 77.6 cm³/mol. The number of amides is 1. The fourth-order valence-electron chi connectivity index (χ4n) is 2.69. The molecule has 1 aromatic carbocycles. The van der Waals surface area contributed by atoms with Crippen LogP contribution in [0.3, 0.4) is 0 Å². The number of carbonyl (C=O) groups is 1. The molecule has 1 aliphatic rings. The van der Waals surface area contributed by atoms with Crippen LogP contribution >= 0.6 is 0 Å². The normalized spacial score (nSPS) is 23.4. The maximum atomic E-state index is 12.1. The molecule has 0 spiro atoms. The number of aliphatic hydroxyl groups excluding tert-OH is 1. The van der Waals surface area contributed by atoms with Gasteiger partial charge >= 0.3 is 0 Å². The lowest BCUT2D eigenvalue weighted by Crippen LogP contribution is -2.44. The summed E-state index contributed by atoms with van der Waals surface area (Å²) in [5.74, 6) is 0.778. The van der Waals surface area contributed by atoms with Crippen molar-refractivity contribution < 1.29 is 14.6 Å². The molecule has 2 N–H and O–H groups in total. The molecule has 1 aromatic rings. The highest BCUT2D eigenvalue weighted by atomic mass is 16.5. The largest absolute Gasteiger partial charge is 0.481 e. The van der Waals surface area contributed by atoms with Crippen LogP contribution in [0, 0.1) is 12.8 Å². The third kappa shape index (κ3) is 3.73. The number of aliphatic hydroxyl groups is 1. The number of nitrogens with one attached hydrogen (secondary N) is 1. The molecule has 3 atom stereocenters. The van der Waals surface area contributed by atoms with Gasteiger partial charge in [0.15, 0.2) is 6.10 Å². The van der Waals surface area contributed by atoms with Crippen LogP contribution in [0.2, 0.25) is 0 Å². The summed E-state index contributed by atoms with van der Waals surface area (Å²) in [6.45, 7) is 3.88. The van der Waals surface area contributed by atoms with Crippen molar-refractivity contribution in [3.05, 3.63) is 29.8 Å². The Bertz CT molecular complexity index is 461. The fraction of sp³-hybridized carbons (Fsp3) is 0.562. The molecule has 1 saturated carbocycles. The molecular formula is C16H23NO3. The van der Waals surface area contributed by atoms with Crippen molar-refractivity contribution >= 4 is 5.91 Å². The zero-order valence-corrected chi connectivity index (χ0v) is 12.1. The first-order chi connectivity index (χ1) is 9.60. The third-order valence-electron chi connectivity index (χ3n) is 3.89. The van der Waals surface area contributed by atoms with E-state index in [4.69, 9.17) is 4.74 Å². The first-order valence-electron chi connectivity index (χ1n) is 7.24. The summed E-state index contributed by atoms with van der Waals surface area (Å²) in [6, 6.07) is 7.74. The zero-order chi connectivity index (χ0) is 14.5. The van der Waals surface area contributed by atoms with Crippen LogP contribution in [0.15, 0.2) is 24.3 Å². The molecule has 20 heavy (non-hydrogen) atoms. The minimum absolute atomic E-state index is 0.0797. The van der Waals surface area contributed by atoms with E-state index >= 15 is 0 Å². The maximum Gasteiger partial charge on any atom is 0.261 e. The molecule has 0 aromatic heterocycles. The lowest BCUT2D eigenvalue weighted by Gasteiger charge is -2.22. The summed E-state index contributed by atoms with van der Waals surface area (Å²) in [4.78, 5) is 12.1. The van der Waals surface area contributed by atoms with Gasteiger partial charge in [0.25, 0.3) is 5.91 Å². The van der Waals surface area contributed by atoms with E-state index in [1.165, 1.54) is 0 Å². The van der Waals surface area contributed by atoms with E-state index < -0.39 is 6.10 Å². The Morgan fingerprint density at radius 2 is 2.30 bits per heavy atom. The molecular weight excluding hydrogens is 254 g/mol. The van der Waals surface area contributed by atoms with Crippen LogP contribution in [-0.2, 0) is 4.79 Å². The molecule has 1 aliphatic carbocycles. The molecule has 1 fully saturated rings. The van der Waals surface area contributed by atoms with Crippen LogP contribution in [-0.4, -0.2) is 29.8 Å². The highest BCUT2D eigenvalue weighted by molar-refractivity contribution is 5.81. The minimum atomic E-state index is -0.531. The summed E-state index contributed by atoms with van der Waals surface area (Å²) < 4.78 is 5.66. The molecule has 0 heterocycles. The molecule has 0 radical (unpaired) electrons. The third-order valence-corrected chi connectivity index (χ3v) is 3.89. The van der Waals surface area contributed by atoms with Crippen LogP contribution in [0.25, 0.3) is 0 Å². The van der Waals surface area contributed by atoms with E-state index in [1.807, 2.05) is 31.2 Å². The van der Waals surface area contributed by atoms with Gasteiger partial charge in [0.1, 0.15) is 5.75 Å². The summed E-state index contributed by atoms with van der Waals surface area (Å²) in [5.41, 5.74) is 1.10. The number of ether oxygens (including phenoxy) is 1. The Morgan fingerprint density at radius 3 is 3.00 bits per heavy atom. The zero-order valence-electron chi connectivity index (χ0n) is 12.1. The Morgan fingerprint density at radius 1 is 1.50 bits per heavy atom. The van der Waals surface area contributed by atoms with Gasteiger partial charge in [-0.05, 0) is 44.4 Å². The van der Waals surface area contributed by atoms with Gasteiger partial charge in [-0.25, -0.2) is 0 Å². The monoisotopic (exact) mass is 277 g/mol. The fourth-order valence-corrected chi connectivity index (χ4v) is 2.69. The van der Waals surface area contributed by atoms with Gasteiger partial charge in [0.2, 0.25) is 0 Å². The number of hydrogen-bond acceptors (Lipinski definition) is 3. The number of hydrogen-bond donors (Lipinski definition) is 2. The second kappa shape index (κ2) is 6.75. The van der Waals surface area contributed by atoms with Gasteiger partial charge in [0.05, 0.1) is 0 Å². The van der Waals surface area contributed by atoms with E-state index in [1.54, 1.807) is 6.92 Å². The lowest BCUT2D eigenvalue weighted by atomic mass is 10.0. The average molecular weight is 277 g/mol. The van der Waals surface area contributed by atoms with Crippen LogP contribution in [0.5, 0.6) is 5.75 Å². The summed E-state index contributed by atoms with van der Waals surface area (Å²) in [7, 11) is 0. The van der Waals surface area contributed by atoms with Gasteiger partial charge < -0.3 is 15.2 Å². The van der Waals surface area contributed by atoms with Crippen LogP contribution in [0.1, 0.15) is 31.7 Å². The van der Waals surface area contributed by atoms with Gasteiger partial charge in [0, 0.05) is 18.6 Å². The summed E-state index contributed by atoms with van der Waals surface area (Å²) in [5, 5.41) is 12.3. The highest BCUT2D eigenvalue weighted by Gasteiger charge is 2.29. The number of aryl methyl sites for hydroxylation is 1. The second-order valence-electron chi connectivity index (χ2n) is 5.57. The van der Waals surface area contributed by atoms with Gasteiger partial charge in [-0.3, -0.25) is 4.79 Å².